The zero-order valence-electron chi connectivity index (χ0n) is 7.41. The van der Waals surface area contributed by atoms with Crippen LogP contribution in [0.15, 0.2) is 0 Å². The highest BCUT2D eigenvalue weighted by Crippen LogP contribution is 2.22. The number of carbonyl (C=O) groups excluding carboxylic acids is 1. The maximum atomic E-state index is 10.3. The molecule has 0 saturated carbocycles. The van der Waals surface area contributed by atoms with Gasteiger partial charge in [0.2, 0.25) is 5.91 Å². The molecule has 0 aliphatic rings. The molecule has 0 bridgehead atoms. The average molecular weight is 221 g/mol. The molecule has 0 aliphatic carbocycles. The molecule has 0 spiro atoms. The van der Waals surface area contributed by atoms with Gasteiger partial charge >= 0.3 is 0 Å². The number of amidine groups is 1. The van der Waals surface area contributed by atoms with Crippen molar-refractivity contribution in [2.75, 3.05) is 11.5 Å². The SMILES string of the molecule is N=C(N)CCCSSCCC(N)=O. The van der Waals surface area contributed by atoms with Crippen molar-refractivity contribution < 1.29 is 4.79 Å². The van der Waals surface area contributed by atoms with Gasteiger partial charge in [0.25, 0.3) is 0 Å². The standard InChI is InChI=1S/C7H15N3OS2/c8-6(9)2-1-4-12-13-5-3-7(10)11/h1-5H2,(H3,8,9)(H2,10,11). The fraction of sp³-hybridized carbons (Fsp3) is 0.714. The number of primary amides is 1. The van der Waals surface area contributed by atoms with Crippen LogP contribution in [-0.2, 0) is 4.79 Å². The summed E-state index contributed by atoms with van der Waals surface area (Å²) in [6.07, 6.45) is 2.01. The van der Waals surface area contributed by atoms with Crippen LogP contribution in [-0.4, -0.2) is 23.2 Å². The van der Waals surface area contributed by atoms with Crippen LogP contribution >= 0.6 is 21.6 Å². The molecule has 4 nitrogen and oxygen atoms in total. The fourth-order valence-corrected chi connectivity index (χ4v) is 2.67. The van der Waals surface area contributed by atoms with Gasteiger partial charge in [-0.2, -0.15) is 0 Å². The second-order valence-electron chi connectivity index (χ2n) is 2.49. The Morgan fingerprint density at radius 1 is 1.15 bits per heavy atom. The van der Waals surface area contributed by atoms with Crippen LogP contribution in [0.1, 0.15) is 19.3 Å². The highest BCUT2D eigenvalue weighted by atomic mass is 33.1. The van der Waals surface area contributed by atoms with Crippen LogP contribution in [0.5, 0.6) is 0 Å². The number of rotatable bonds is 8. The first-order valence-corrected chi connectivity index (χ1v) is 6.47. The lowest BCUT2D eigenvalue weighted by Crippen LogP contribution is -2.10. The molecule has 0 unspecified atom stereocenters. The fourth-order valence-electron chi connectivity index (χ4n) is 0.582. The summed E-state index contributed by atoms with van der Waals surface area (Å²) in [5.41, 5.74) is 10.1. The lowest BCUT2D eigenvalue weighted by atomic mass is 10.3. The first-order chi connectivity index (χ1) is 6.13. The number of hydrogen-bond donors (Lipinski definition) is 3. The van der Waals surface area contributed by atoms with Gasteiger partial charge in [0, 0.05) is 24.3 Å². The lowest BCUT2D eigenvalue weighted by molar-refractivity contribution is -0.117. The third-order valence-electron chi connectivity index (χ3n) is 1.19. The molecule has 76 valence electrons. The second-order valence-corrected chi connectivity index (χ2v) is 5.19. The van der Waals surface area contributed by atoms with E-state index in [1.54, 1.807) is 21.6 Å². The molecular weight excluding hydrogens is 206 g/mol. The van der Waals surface area contributed by atoms with Crippen LogP contribution in [0.3, 0.4) is 0 Å². The first kappa shape index (κ1) is 12.6. The number of carbonyl (C=O) groups is 1. The molecule has 13 heavy (non-hydrogen) atoms. The highest BCUT2D eigenvalue weighted by Gasteiger charge is 1.95. The largest absolute Gasteiger partial charge is 0.388 e. The molecule has 0 aromatic heterocycles. The van der Waals surface area contributed by atoms with Gasteiger partial charge in [0.15, 0.2) is 0 Å². The van der Waals surface area contributed by atoms with Crippen molar-refractivity contribution in [2.24, 2.45) is 11.5 Å². The molecule has 0 aromatic carbocycles. The molecule has 0 fully saturated rings. The topological polar surface area (TPSA) is 93.0 Å². The minimum absolute atomic E-state index is 0.239. The average Bonchev–Trinajstić information content (AvgIpc) is 2.01. The van der Waals surface area contributed by atoms with Gasteiger partial charge in [-0.05, 0) is 6.42 Å². The van der Waals surface area contributed by atoms with Crippen LogP contribution in [0, 0.1) is 5.41 Å². The van der Waals surface area contributed by atoms with E-state index in [0.717, 1.165) is 17.9 Å². The van der Waals surface area contributed by atoms with Crippen molar-refractivity contribution in [1.29, 1.82) is 5.41 Å². The van der Waals surface area contributed by atoms with E-state index in [0.29, 0.717) is 12.8 Å². The number of amides is 1. The Balaban J connectivity index is 3.00. The van der Waals surface area contributed by atoms with Crippen LogP contribution in [0.4, 0.5) is 0 Å². The maximum absolute atomic E-state index is 10.3. The highest BCUT2D eigenvalue weighted by molar-refractivity contribution is 8.76. The molecule has 6 heteroatoms. The van der Waals surface area contributed by atoms with Crippen molar-refractivity contribution in [3.63, 3.8) is 0 Å². The van der Waals surface area contributed by atoms with E-state index in [1.807, 2.05) is 0 Å². The Bertz CT molecular complexity index is 157. The molecular formula is C7H15N3OS2. The van der Waals surface area contributed by atoms with E-state index in [9.17, 15) is 4.79 Å². The van der Waals surface area contributed by atoms with Gasteiger partial charge < -0.3 is 11.5 Å². The molecule has 0 radical (unpaired) electrons. The lowest BCUT2D eigenvalue weighted by Gasteiger charge is -1.99. The van der Waals surface area contributed by atoms with Crippen molar-refractivity contribution in [3.05, 3.63) is 0 Å². The third kappa shape index (κ3) is 11.6. The number of nitrogens with two attached hydrogens (primary N) is 2. The van der Waals surface area contributed by atoms with Gasteiger partial charge in [0.05, 0.1) is 5.84 Å². The summed E-state index contributed by atoms with van der Waals surface area (Å²) in [6.45, 7) is 0. The van der Waals surface area contributed by atoms with Crippen LogP contribution in [0.2, 0.25) is 0 Å². The first-order valence-electron chi connectivity index (χ1n) is 3.98. The predicted molar refractivity (Wildman–Crippen MR) is 59.9 cm³/mol. The molecule has 1 amide bonds. The minimum Gasteiger partial charge on any atom is -0.388 e. The Labute approximate surface area is 86.1 Å². The normalized spacial score (nSPS) is 9.85. The molecule has 0 heterocycles. The summed E-state index contributed by atoms with van der Waals surface area (Å²) in [5.74, 6) is 1.71. The van der Waals surface area contributed by atoms with E-state index < -0.39 is 0 Å². The van der Waals surface area contributed by atoms with E-state index in [1.165, 1.54) is 0 Å². The van der Waals surface area contributed by atoms with Gasteiger partial charge in [0.1, 0.15) is 0 Å². The molecule has 0 saturated heterocycles. The summed E-state index contributed by atoms with van der Waals surface area (Å²) in [6, 6.07) is 0. The van der Waals surface area contributed by atoms with E-state index >= 15 is 0 Å². The quantitative estimate of drug-likeness (QED) is 0.246. The summed E-state index contributed by atoms with van der Waals surface area (Å²) >= 11 is 0. The number of hydrogen-bond acceptors (Lipinski definition) is 4. The van der Waals surface area contributed by atoms with Crippen molar-refractivity contribution >= 4 is 33.3 Å². The van der Waals surface area contributed by atoms with E-state index in [4.69, 9.17) is 16.9 Å². The second kappa shape index (κ2) is 8.25. The zero-order chi connectivity index (χ0) is 10.1. The van der Waals surface area contributed by atoms with Crippen molar-refractivity contribution in [2.45, 2.75) is 19.3 Å². The minimum atomic E-state index is -0.253. The monoisotopic (exact) mass is 221 g/mol. The third-order valence-corrected chi connectivity index (χ3v) is 3.68. The van der Waals surface area contributed by atoms with E-state index in [2.05, 4.69) is 0 Å². The van der Waals surface area contributed by atoms with E-state index in [-0.39, 0.29) is 11.7 Å². The zero-order valence-corrected chi connectivity index (χ0v) is 9.05. The Hall–Kier alpha value is -0.360. The predicted octanol–water partition coefficient (Wildman–Crippen LogP) is 0.959. The molecule has 0 rings (SSSR count). The maximum Gasteiger partial charge on any atom is 0.218 e. The number of nitrogens with one attached hydrogen (secondary N) is 1. The van der Waals surface area contributed by atoms with Gasteiger partial charge in [-0.3, -0.25) is 10.2 Å². The van der Waals surface area contributed by atoms with Gasteiger partial charge in [-0.1, -0.05) is 21.6 Å². The summed E-state index contributed by atoms with van der Waals surface area (Å²) in [5, 5.41) is 6.97. The smallest absolute Gasteiger partial charge is 0.218 e. The summed E-state index contributed by atoms with van der Waals surface area (Å²) in [7, 11) is 3.33. The molecule has 0 aliphatic heterocycles. The molecule has 5 N–H and O–H groups in total. The van der Waals surface area contributed by atoms with Crippen LogP contribution in [0.25, 0.3) is 0 Å². The van der Waals surface area contributed by atoms with Gasteiger partial charge in [-0.25, -0.2) is 0 Å². The summed E-state index contributed by atoms with van der Waals surface area (Å²) in [4.78, 5) is 10.3. The Kier molecular flexibility index (Phi) is 8.02. The van der Waals surface area contributed by atoms with Gasteiger partial charge in [-0.15, -0.1) is 0 Å². The molecule has 0 aromatic rings. The van der Waals surface area contributed by atoms with Crippen LogP contribution < -0.4 is 11.5 Å². The Morgan fingerprint density at radius 3 is 2.31 bits per heavy atom. The Morgan fingerprint density at radius 2 is 1.77 bits per heavy atom. The summed E-state index contributed by atoms with van der Waals surface area (Å²) < 4.78 is 0. The molecule has 0 atom stereocenters. The van der Waals surface area contributed by atoms with Crippen molar-refractivity contribution in [1.82, 2.24) is 0 Å². The van der Waals surface area contributed by atoms with Crippen molar-refractivity contribution in [3.8, 4) is 0 Å².